The number of hydrogen-bond donors (Lipinski definition) is 2. The fourth-order valence-electron chi connectivity index (χ4n) is 4.13. The number of nitrogens with one attached hydrogen (secondary N) is 1. The topological polar surface area (TPSA) is 133 Å². The minimum atomic E-state index is -1.37. The first-order valence-electron chi connectivity index (χ1n) is 11.5. The van der Waals surface area contributed by atoms with Crippen molar-refractivity contribution in [1.29, 1.82) is 0 Å². The lowest BCUT2D eigenvalue weighted by Crippen LogP contribution is -2.47. The lowest BCUT2D eigenvalue weighted by molar-refractivity contribution is -0.124. The first-order chi connectivity index (χ1) is 17.5. The summed E-state index contributed by atoms with van der Waals surface area (Å²) in [6.45, 7) is 6.36. The van der Waals surface area contributed by atoms with E-state index in [-0.39, 0.29) is 34.1 Å². The number of thiophene rings is 1. The molecule has 0 spiro atoms. The number of aryl methyl sites for hydroxylation is 1. The maximum atomic E-state index is 14.0. The Morgan fingerprint density at radius 1 is 1.22 bits per heavy atom. The van der Waals surface area contributed by atoms with Crippen LogP contribution in [0.15, 0.2) is 40.2 Å². The van der Waals surface area contributed by atoms with Gasteiger partial charge in [-0.15, -0.1) is 4.80 Å². The Morgan fingerprint density at radius 3 is 2.51 bits per heavy atom. The summed E-state index contributed by atoms with van der Waals surface area (Å²) in [4.78, 5) is 41.8. The van der Waals surface area contributed by atoms with Crippen molar-refractivity contribution in [2.24, 2.45) is 0 Å². The summed E-state index contributed by atoms with van der Waals surface area (Å²) in [6, 6.07) is 2.35. The Bertz CT molecular complexity index is 1570. The zero-order valence-corrected chi connectivity index (χ0v) is 21.7. The fourth-order valence-corrected chi connectivity index (χ4v) is 5.35. The molecule has 0 aliphatic carbocycles. The summed E-state index contributed by atoms with van der Waals surface area (Å²) in [6.07, 6.45) is 1.59. The Hall–Kier alpha value is -3.84. The number of ether oxygens (including phenoxy) is 1. The van der Waals surface area contributed by atoms with Crippen LogP contribution in [0.5, 0.6) is 5.75 Å². The molecule has 0 radical (unpaired) electrons. The highest BCUT2D eigenvalue weighted by molar-refractivity contribution is 7.21. The number of aliphatic hydroxyl groups excluding tert-OH is 1. The Kier molecular flexibility index (Phi) is 7.28. The molecule has 196 valence electrons. The van der Waals surface area contributed by atoms with Gasteiger partial charge in [0.05, 0.1) is 31.4 Å². The number of aliphatic hydroxyl groups is 1. The minimum absolute atomic E-state index is 0.133. The van der Waals surface area contributed by atoms with Crippen molar-refractivity contribution in [3.05, 3.63) is 68.4 Å². The molecule has 0 saturated heterocycles. The van der Waals surface area contributed by atoms with Gasteiger partial charge in [0.1, 0.15) is 33.5 Å². The van der Waals surface area contributed by atoms with Crippen LogP contribution >= 0.6 is 11.3 Å². The van der Waals surface area contributed by atoms with E-state index in [0.29, 0.717) is 10.6 Å². The molecule has 2 atom stereocenters. The molecule has 0 fully saturated rings. The van der Waals surface area contributed by atoms with E-state index < -0.39 is 35.1 Å². The van der Waals surface area contributed by atoms with E-state index in [4.69, 9.17) is 4.74 Å². The summed E-state index contributed by atoms with van der Waals surface area (Å²) in [5, 5.41) is 22.8. The third-order valence-electron chi connectivity index (χ3n) is 5.92. The molecule has 37 heavy (non-hydrogen) atoms. The third-order valence-corrected chi connectivity index (χ3v) is 7.20. The van der Waals surface area contributed by atoms with Gasteiger partial charge < -0.3 is 15.2 Å². The number of methoxy groups -OCH3 is 1. The molecular formula is C24H27FN6O5S. The number of hydrogen-bond acceptors (Lipinski definition) is 8. The molecule has 0 saturated carbocycles. The second-order valence-corrected chi connectivity index (χ2v) is 9.82. The molecule has 0 aliphatic heterocycles. The molecule has 11 nitrogen and oxygen atoms in total. The molecule has 2 N–H and O–H groups in total. The van der Waals surface area contributed by atoms with Crippen molar-refractivity contribution in [2.45, 2.75) is 52.4 Å². The van der Waals surface area contributed by atoms with Crippen molar-refractivity contribution in [1.82, 2.24) is 29.4 Å². The number of amides is 1. The minimum Gasteiger partial charge on any atom is -0.496 e. The van der Waals surface area contributed by atoms with Gasteiger partial charge in [0, 0.05) is 17.2 Å². The molecule has 3 heterocycles. The first-order valence-corrected chi connectivity index (χ1v) is 12.3. The quantitative estimate of drug-likeness (QED) is 0.356. The van der Waals surface area contributed by atoms with Gasteiger partial charge in [-0.1, -0.05) is 11.3 Å². The highest BCUT2D eigenvalue weighted by Gasteiger charge is 2.28. The monoisotopic (exact) mass is 530 g/mol. The van der Waals surface area contributed by atoms with E-state index in [9.17, 15) is 23.9 Å². The molecule has 0 aliphatic rings. The molecule has 0 bridgehead atoms. The van der Waals surface area contributed by atoms with E-state index in [1.807, 2.05) is 0 Å². The predicted octanol–water partition coefficient (Wildman–Crippen LogP) is 2.08. The van der Waals surface area contributed by atoms with Crippen LogP contribution in [0.1, 0.15) is 44.0 Å². The van der Waals surface area contributed by atoms with Gasteiger partial charge in [-0.05, 0) is 45.9 Å². The van der Waals surface area contributed by atoms with Crippen molar-refractivity contribution in [3.63, 3.8) is 0 Å². The van der Waals surface area contributed by atoms with Crippen LogP contribution in [0, 0.1) is 12.7 Å². The highest BCUT2D eigenvalue weighted by Crippen LogP contribution is 2.32. The Labute approximate surface area is 214 Å². The molecule has 3 aromatic heterocycles. The van der Waals surface area contributed by atoms with Crippen LogP contribution in [-0.4, -0.2) is 48.3 Å². The van der Waals surface area contributed by atoms with Crippen molar-refractivity contribution in [3.8, 4) is 10.8 Å². The van der Waals surface area contributed by atoms with E-state index in [1.165, 1.54) is 47.9 Å². The molecule has 4 rings (SSSR count). The molecule has 4 aromatic rings. The standard InChI is InChI=1S/C24H27FN6O5S/c1-12(2)28-20(33)14(4)30-21(34)19-13(3)22(31-26-8-9-27-31)37-23(19)29(24(30)35)11-17(32)16-10-15(25)6-7-18(16)36-5/h6-10,12,14,17,32H,11H2,1-5H3,(H,28,33)/t14-,17+/m1/s1. The van der Waals surface area contributed by atoms with Crippen molar-refractivity contribution < 1.29 is 19.0 Å². The van der Waals surface area contributed by atoms with Crippen LogP contribution in [-0.2, 0) is 11.3 Å². The van der Waals surface area contributed by atoms with Gasteiger partial charge in [0.25, 0.3) is 5.56 Å². The zero-order chi connectivity index (χ0) is 27.0. The van der Waals surface area contributed by atoms with E-state index in [2.05, 4.69) is 15.5 Å². The smallest absolute Gasteiger partial charge is 0.332 e. The van der Waals surface area contributed by atoms with Crippen LogP contribution in [0.3, 0.4) is 0 Å². The van der Waals surface area contributed by atoms with Crippen molar-refractivity contribution >= 4 is 27.5 Å². The Balaban J connectivity index is 1.96. The average Bonchev–Trinajstić information content (AvgIpc) is 3.49. The van der Waals surface area contributed by atoms with Gasteiger partial charge in [-0.3, -0.25) is 14.2 Å². The summed E-state index contributed by atoms with van der Waals surface area (Å²) in [5.74, 6) is -0.857. The second kappa shape index (κ2) is 10.3. The van der Waals surface area contributed by atoms with Gasteiger partial charge in [-0.25, -0.2) is 13.8 Å². The number of aromatic nitrogens is 5. The molecule has 0 unspecified atom stereocenters. The summed E-state index contributed by atoms with van der Waals surface area (Å²) in [7, 11) is 1.38. The first kappa shape index (κ1) is 26.2. The van der Waals surface area contributed by atoms with Gasteiger partial charge in [0.2, 0.25) is 5.91 Å². The van der Waals surface area contributed by atoms with Crippen molar-refractivity contribution in [2.75, 3.05) is 7.11 Å². The maximum absolute atomic E-state index is 14.0. The van der Waals surface area contributed by atoms with Crippen LogP contribution in [0.2, 0.25) is 0 Å². The summed E-state index contributed by atoms with van der Waals surface area (Å²) >= 11 is 1.10. The predicted molar refractivity (Wildman–Crippen MR) is 136 cm³/mol. The number of nitrogens with zero attached hydrogens (tertiary/aromatic N) is 5. The zero-order valence-electron chi connectivity index (χ0n) is 20.9. The normalized spacial score (nSPS) is 13.2. The fraction of sp³-hybridized carbons (Fsp3) is 0.375. The van der Waals surface area contributed by atoms with Gasteiger partial charge in [0.15, 0.2) is 0 Å². The molecule has 13 heteroatoms. The number of fused-ring (bicyclic) bond motifs is 1. The molecular weight excluding hydrogens is 503 g/mol. The number of carbonyl (C=O) groups excluding carboxylic acids is 1. The Morgan fingerprint density at radius 2 is 1.89 bits per heavy atom. The highest BCUT2D eigenvalue weighted by atomic mass is 32.1. The SMILES string of the molecule is COc1ccc(F)cc1[C@@H](O)Cn1c(=O)n([C@H](C)C(=O)NC(C)C)c(=O)c2c(C)c(-n3nccn3)sc21. The maximum Gasteiger partial charge on any atom is 0.332 e. The summed E-state index contributed by atoms with van der Waals surface area (Å²) < 4.78 is 21.4. The number of carbonyl (C=O) groups is 1. The van der Waals surface area contributed by atoms with E-state index in [1.54, 1.807) is 20.8 Å². The van der Waals surface area contributed by atoms with Crippen LogP contribution in [0.25, 0.3) is 15.2 Å². The number of rotatable bonds is 8. The number of halogens is 1. The molecule has 1 amide bonds. The largest absolute Gasteiger partial charge is 0.496 e. The van der Waals surface area contributed by atoms with E-state index >= 15 is 0 Å². The van der Waals surface area contributed by atoms with Crippen LogP contribution < -0.4 is 21.3 Å². The lowest BCUT2D eigenvalue weighted by Gasteiger charge is -2.20. The van der Waals surface area contributed by atoms with E-state index in [0.717, 1.165) is 22.0 Å². The summed E-state index contributed by atoms with van der Waals surface area (Å²) in [5.41, 5.74) is -0.793. The molecule has 1 aromatic carbocycles. The van der Waals surface area contributed by atoms with Gasteiger partial charge >= 0.3 is 5.69 Å². The second-order valence-electron chi connectivity index (χ2n) is 8.84. The lowest BCUT2D eigenvalue weighted by atomic mass is 10.1. The van der Waals surface area contributed by atoms with Crippen LogP contribution in [0.4, 0.5) is 4.39 Å². The average molecular weight is 531 g/mol. The number of benzene rings is 1. The third kappa shape index (κ3) is 4.79. The van der Waals surface area contributed by atoms with Gasteiger partial charge in [-0.2, -0.15) is 10.2 Å².